The lowest BCUT2D eigenvalue weighted by molar-refractivity contribution is 0.0950. The van der Waals surface area contributed by atoms with Gasteiger partial charge in [-0.15, -0.1) is 0 Å². The van der Waals surface area contributed by atoms with Crippen molar-refractivity contribution in [3.63, 3.8) is 0 Å². The lowest BCUT2D eigenvalue weighted by atomic mass is 10.0. The Kier molecular flexibility index (Phi) is 6.02. The van der Waals surface area contributed by atoms with E-state index < -0.39 is 0 Å². The second-order valence-corrected chi connectivity index (χ2v) is 7.84. The van der Waals surface area contributed by atoms with Crippen molar-refractivity contribution in [3.8, 4) is 11.4 Å². The highest BCUT2D eigenvalue weighted by molar-refractivity contribution is 5.99. The molecule has 30 heavy (non-hydrogen) atoms. The van der Waals surface area contributed by atoms with Crippen LogP contribution in [0, 0.1) is 6.92 Å². The van der Waals surface area contributed by atoms with E-state index in [2.05, 4.69) is 46.2 Å². The Morgan fingerprint density at radius 3 is 2.83 bits per heavy atom. The summed E-state index contributed by atoms with van der Waals surface area (Å²) in [4.78, 5) is 29.0. The predicted molar refractivity (Wildman–Crippen MR) is 118 cm³/mol. The van der Waals surface area contributed by atoms with Gasteiger partial charge >= 0.3 is 0 Å². The van der Waals surface area contributed by atoms with Gasteiger partial charge in [-0.05, 0) is 51.3 Å². The van der Waals surface area contributed by atoms with Crippen molar-refractivity contribution in [1.82, 2.24) is 20.3 Å². The van der Waals surface area contributed by atoms with Gasteiger partial charge in [0.25, 0.3) is 5.91 Å². The summed E-state index contributed by atoms with van der Waals surface area (Å²) in [5, 5.41) is 2.97. The number of aromatic nitrogens is 3. The van der Waals surface area contributed by atoms with E-state index >= 15 is 0 Å². The minimum atomic E-state index is -0.177. The summed E-state index contributed by atoms with van der Waals surface area (Å²) in [6.45, 7) is 5.51. The molecule has 1 aliphatic heterocycles. The zero-order valence-corrected chi connectivity index (χ0v) is 17.5. The summed E-state index contributed by atoms with van der Waals surface area (Å²) >= 11 is 0. The van der Waals surface area contributed by atoms with Crippen molar-refractivity contribution < 1.29 is 4.79 Å². The molecule has 1 amide bonds. The van der Waals surface area contributed by atoms with Gasteiger partial charge in [-0.25, -0.2) is 9.97 Å². The molecule has 1 aromatic carbocycles. The molecule has 1 saturated heterocycles. The van der Waals surface area contributed by atoms with Gasteiger partial charge in [0, 0.05) is 30.5 Å². The monoisotopic (exact) mass is 401 g/mol. The molecule has 0 radical (unpaired) electrons. The van der Waals surface area contributed by atoms with Crippen LogP contribution in [0.25, 0.3) is 11.4 Å². The van der Waals surface area contributed by atoms with E-state index in [4.69, 9.17) is 4.98 Å². The highest BCUT2D eigenvalue weighted by atomic mass is 16.1. The topological polar surface area (TPSA) is 71.0 Å². The number of carbonyl (C=O) groups excluding carboxylic acids is 1. The van der Waals surface area contributed by atoms with Crippen molar-refractivity contribution in [1.29, 1.82) is 0 Å². The van der Waals surface area contributed by atoms with Gasteiger partial charge in [-0.2, -0.15) is 0 Å². The number of nitrogens with one attached hydrogen (secondary N) is 1. The summed E-state index contributed by atoms with van der Waals surface area (Å²) < 4.78 is 0. The number of amides is 1. The van der Waals surface area contributed by atoms with Crippen LogP contribution in [-0.2, 0) is 6.54 Å². The number of benzene rings is 1. The average molecular weight is 402 g/mol. The van der Waals surface area contributed by atoms with Gasteiger partial charge in [0.15, 0.2) is 5.82 Å². The first kappa shape index (κ1) is 20.0. The fraction of sp³-hybridized carbons (Fsp3) is 0.333. The van der Waals surface area contributed by atoms with Crippen molar-refractivity contribution in [3.05, 3.63) is 71.7 Å². The van der Waals surface area contributed by atoms with Crippen LogP contribution in [0.1, 0.15) is 47.8 Å². The molecule has 0 spiro atoms. The van der Waals surface area contributed by atoms with Gasteiger partial charge in [0.05, 0.1) is 12.2 Å². The largest absolute Gasteiger partial charge is 0.353 e. The summed E-state index contributed by atoms with van der Waals surface area (Å²) in [7, 11) is 0. The van der Waals surface area contributed by atoms with Crippen molar-refractivity contribution >= 4 is 11.7 Å². The maximum Gasteiger partial charge on any atom is 0.256 e. The fourth-order valence-corrected chi connectivity index (χ4v) is 3.86. The minimum Gasteiger partial charge on any atom is -0.353 e. The molecule has 154 valence electrons. The minimum absolute atomic E-state index is 0.177. The van der Waals surface area contributed by atoms with E-state index in [1.165, 1.54) is 6.42 Å². The number of nitrogens with zero attached hydrogens (tertiary/aromatic N) is 4. The molecule has 1 unspecified atom stereocenters. The summed E-state index contributed by atoms with van der Waals surface area (Å²) in [6.07, 6.45) is 6.79. The molecule has 6 heteroatoms. The van der Waals surface area contributed by atoms with Crippen LogP contribution in [0.15, 0.2) is 54.9 Å². The molecule has 4 rings (SSSR count). The molecule has 0 saturated carbocycles. The van der Waals surface area contributed by atoms with Gasteiger partial charge in [0.1, 0.15) is 11.4 Å². The number of rotatable bonds is 5. The number of pyridine rings is 1. The van der Waals surface area contributed by atoms with E-state index in [1.54, 1.807) is 12.4 Å². The molecule has 0 aliphatic carbocycles. The molecule has 3 aromatic rings. The Morgan fingerprint density at radius 1 is 1.17 bits per heavy atom. The normalized spacial score (nSPS) is 16.3. The standard InChI is InChI=1S/C24H27N5O/c1-17-8-7-10-19(14-17)22-26-16-21(23(28-22)29-13-6-4-9-18(29)2)24(30)27-15-20-11-3-5-12-25-20/h3,5,7-8,10-12,14,16,18H,4,6,9,13,15H2,1-2H3,(H,27,30). The molecule has 6 nitrogen and oxygen atoms in total. The highest BCUT2D eigenvalue weighted by Gasteiger charge is 2.26. The Bertz CT molecular complexity index is 1020. The van der Waals surface area contributed by atoms with Crippen molar-refractivity contribution in [2.45, 2.75) is 45.7 Å². The van der Waals surface area contributed by atoms with E-state index in [9.17, 15) is 4.79 Å². The number of anilines is 1. The van der Waals surface area contributed by atoms with Gasteiger partial charge in [-0.3, -0.25) is 9.78 Å². The highest BCUT2D eigenvalue weighted by Crippen LogP contribution is 2.28. The number of piperidine rings is 1. The lowest BCUT2D eigenvalue weighted by Crippen LogP contribution is -2.40. The van der Waals surface area contributed by atoms with Crippen LogP contribution in [0.3, 0.4) is 0 Å². The second-order valence-electron chi connectivity index (χ2n) is 7.84. The number of hydrogen-bond acceptors (Lipinski definition) is 5. The van der Waals surface area contributed by atoms with Gasteiger partial charge in [-0.1, -0.05) is 29.8 Å². The third kappa shape index (κ3) is 4.48. The van der Waals surface area contributed by atoms with Crippen LogP contribution in [0.4, 0.5) is 5.82 Å². The Labute approximate surface area is 177 Å². The van der Waals surface area contributed by atoms with Gasteiger partial charge < -0.3 is 10.2 Å². The zero-order chi connectivity index (χ0) is 20.9. The molecule has 0 bridgehead atoms. The third-order valence-electron chi connectivity index (χ3n) is 5.52. The molecular formula is C24H27N5O. The van der Waals surface area contributed by atoms with Crippen LogP contribution in [0.2, 0.25) is 0 Å². The molecule has 1 aliphatic rings. The molecule has 1 fully saturated rings. The Hall–Kier alpha value is -3.28. The van der Waals surface area contributed by atoms with Crippen molar-refractivity contribution in [2.24, 2.45) is 0 Å². The summed E-state index contributed by atoms with van der Waals surface area (Å²) in [6, 6.07) is 14.1. The SMILES string of the molecule is Cc1cccc(-c2ncc(C(=O)NCc3ccccn3)c(N3CCCCC3C)n2)c1. The summed E-state index contributed by atoms with van der Waals surface area (Å²) in [5.74, 6) is 1.18. The number of aryl methyl sites for hydroxylation is 1. The molecule has 1 N–H and O–H groups in total. The Balaban J connectivity index is 1.67. The van der Waals surface area contributed by atoms with Crippen LogP contribution < -0.4 is 10.2 Å². The van der Waals surface area contributed by atoms with Crippen molar-refractivity contribution in [2.75, 3.05) is 11.4 Å². The number of carbonyl (C=O) groups is 1. The lowest BCUT2D eigenvalue weighted by Gasteiger charge is -2.35. The third-order valence-corrected chi connectivity index (χ3v) is 5.52. The van der Waals surface area contributed by atoms with Crippen LogP contribution in [0.5, 0.6) is 0 Å². The first-order chi connectivity index (χ1) is 14.6. The smallest absolute Gasteiger partial charge is 0.256 e. The first-order valence-corrected chi connectivity index (χ1v) is 10.5. The molecule has 1 atom stereocenters. The predicted octanol–water partition coefficient (Wildman–Crippen LogP) is 4.16. The van der Waals surface area contributed by atoms with Gasteiger partial charge in [0.2, 0.25) is 0 Å². The average Bonchev–Trinajstić information content (AvgIpc) is 2.78. The van der Waals surface area contributed by atoms with E-state index in [-0.39, 0.29) is 5.91 Å². The van der Waals surface area contributed by atoms with Crippen LogP contribution in [-0.4, -0.2) is 33.4 Å². The maximum absolute atomic E-state index is 13.0. The van der Waals surface area contributed by atoms with E-state index in [0.29, 0.717) is 29.8 Å². The summed E-state index contributed by atoms with van der Waals surface area (Å²) in [5.41, 5.74) is 3.44. The van der Waals surface area contributed by atoms with Crippen LogP contribution >= 0.6 is 0 Å². The molecule has 3 heterocycles. The maximum atomic E-state index is 13.0. The van der Waals surface area contributed by atoms with E-state index in [1.807, 2.05) is 30.3 Å². The van der Waals surface area contributed by atoms with E-state index in [0.717, 1.165) is 36.2 Å². The molecule has 2 aromatic heterocycles. The quantitative estimate of drug-likeness (QED) is 0.695. The Morgan fingerprint density at radius 2 is 2.07 bits per heavy atom. The number of hydrogen-bond donors (Lipinski definition) is 1. The fourth-order valence-electron chi connectivity index (χ4n) is 3.86. The molecular weight excluding hydrogens is 374 g/mol. The second kappa shape index (κ2) is 9.03. The first-order valence-electron chi connectivity index (χ1n) is 10.5. The zero-order valence-electron chi connectivity index (χ0n) is 17.5.